The lowest BCUT2D eigenvalue weighted by Gasteiger charge is -2.08. The number of aromatic carboxylic acids is 1. The minimum Gasteiger partial charge on any atom is -0.478 e. The van der Waals surface area contributed by atoms with Crippen molar-refractivity contribution in [3.8, 4) is 0 Å². The van der Waals surface area contributed by atoms with Gasteiger partial charge in [0, 0.05) is 5.69 Å². The van der Waals surface area contributed by atoms with E-state index in [4.69, 9.17) is 5.11 Å². The lowest BCUT2D eigenvalue weighted by Crippen LogP contribution is -2.14. The van der Waals surface area contributed by atoms with Crippen LogP contribution in [0.1, 0.15) is 10.4 Å². The Labute approximate surface area is 110 Å². The van der Waals surface area contributed by atoms with Crippen molar-refractivity contribution in [1.82, 2.24) is 0 Å². The van der Waals surface area contributed by atoms with E-state index in [0.29, 0.717) is 0 Å². The fourth-order valence-corrected chi connectivity index (χ4v) is 1.57. The Morgan fingerprint density at radius 1 is 1.56 bits per heavy atom. The maximum Gasteiger partial charge on any atom is 0.411 e. The number of carboxylic acids is 1. The van der Waals surface area contributed by atoms with E-state index in [1.54, 1.807) is 0 Å². The number of carbonyl (C=O) groups is 2. The molecule has 7 heteroatoms. The van der Waals surface area contributed by atoms with E-state index in [1.807, 2.05) is 0 Å². The minimum atomic E-state index is -1.43. The highest BCUT2D eigenvalue weighted by Gasteiger charge is 2.16. The van der Waals surface area contributed by atoms with Crippen LogP contribution < -0.4 is 5.32 Å². The van der Waals surface area contributed by atoms with Gasteiger partial charge in [0.15, 0.2) is 5.82 Å². The molecule has 0 spiro atoms. The summed E-state index contributed by atoms with van der Waals surface area (Å²) in [6.07, 6.45) is 0.591. The zero-order valence-corrected chi connectivity index (χ0v) is 10.7. The maximum absolute atomic E-state index is 13.4. The molecule has 1 rings (SSSR count). The molecule has 0 unspecified atom stereocenters. The Bertz CT molecular complexity index is 504. The van der Waals surface area contributed by atoms with Crippen molar-refractivity contribution < 1.29 is 23.8 Å². The number of carbonyl (C=O) groups excluding carboxylic acids is 1. The van der Waals surface area contributed by atoms with Crippen molar-refractivity contribution in [2.45, 2.75) is 0 Å². The summed E-state index contributed by atoms with van der Waals surface area (Å²) >= 11 is 2.86. The monoisotopic (exact) mass is 317 g/mol. The van der Waals surface area contributed by atoms with Gasteiger partial charge in [-0.3, -0.25) is 5.32 Å². The summed E-state index contributed by atoms with van der Waals surface area (Å²) in [6, 6.07) is 2.23. The summed E-state index contributed by atoms with van der Waals surface area (Å²) in [6.45, 7) is 3.38. The molecule has 1 aromatic carbocycles. The van der Waals surface area contributed by atoms with Gasteiger partial charge in [-0.15, -0.1) is 0 Å². The molecule has 0 bridgehead atoms. The van der Waals surface area contributed by atoms with Crippen molar-refractivity contribution in [2.24, 2.45) is 0 Å². The first kappa shape index (κ1) is 14.2. The first-order valence-corrected chi connectivity index (χ1v) is 5.52. The molecule has 1 aromatic rings. The lowest BCUT2D eigenvalue weighted by atomic mass is 10.2. The van der Waals surface area contributed by atoms with Crippen LogP contribution in [0.25, 0.3) is 0 Å². The zero-order chi connectivity index (χ0) is 13.7. The third kappa shape index (κ3) is 3.56. The second-order valence-corrected chi connectivity index (χ2v) is 3.99. The highest BCUT2D eigenvalue weighted by Crippen LogP contribution is 2.24. The molecule has 18 heavy (non-hydrogen) atoms. The molecule has 0 aliphatic carbocycles. The third-order valence-electron chi connectivity index (χ3n) is 1.84. The number of halogens is 2. The molecule has 0 aromatic heterocycles. The molecule has 0 saturated carbocycles. The molecular weight excluding hydrogens is 309 g/mol. The number of ether oxygens (including phenoxy) is 1. The number of carboxylic acid groups (broad SMARTS) is 1. The summed E-state index contributed by atoms with van der Waals surface area (Å²) in [4.78, 5) is 22.0. The quantitative estimate of drug-likeness (QED) is 0.837. The molecule has 0 saturated heterocycles. The average molecular weight is 318 g/mol. The van der Waals surface area contributed by atoms with E-state index in [-0.39, 0.29) is 16.8 Å². The van der Waals surface area contributed by atoms with Gasteiger partial charge in [0.2, 0.25) is 0 Å². The van der Waals surface area contributed by atoms with Gasteiger partial charge in [-0.25, -0.2) is 14.0 Å². The molecule has 0 aliphatic heterocycles. The van der Waals surface area contributed by atoms with Crippen LogP contribution >= 0.6 is 15.9 Å². The first-order valence-electron chi connectivity index (χ1n) is 4.72. The number of hydrogen-bond acceptors (Lipinski definition) is 3. The Morgan fingerprint density at radius 3 is 2.78 bits per heavy atom. The van der Waals surface area contributed by atoms with E-state index in [0.717, 1.165) is 6.07 Å². The Balaban J connectivity index is 2.94. The molecule has 0 atom stereocenters. The number of benzene rings is 1. The largest absolute Gasteiger partial charge is 0.478 e. The third-order valence-corrected chi connectivity index (χ3v) is 2.41. The molecule has 5 nitrogen and oxygen atoms in total. The summed E-state index contributed by atoms with van der Waals surface area (Å²) in [5, 5.41) is 11.0. The number of hydrogen-bond donors (Lipinski definition) is 2. The number of rotatable bonds is 4. The fraction of sp³-hybridized carbons (Fsp3) is 0.0909. The summed E-state index contributed by atoms with van der Waals surface area (Å²) < 4.78 is 18.0. The van der Waals surface area contributed by atoms with Gasteiger partial charge in [0.05, 0.1) is 10.0 Å². The number of anilines is 1. The number of amides is 1. The van der Waals surface area contributed by atoms with E-state index < -0.39 is 23.4 Å². The van der Waals surface area contributed by atoms with Crippen molar-refractivity contribution >= 4 is 33.7 Å². The Kier molecular flexibility index (Phi) is 4.85. The van der Waals surface area contributed by atoms with Gasteiger partial charge in [0.25, 0.3) is 0 Å². The molecule has 0 fully saturated rings. The first-order chi connectivity index (χ1) is 8.45. The topological polar surface area (TPSA) is 75.6 Å². The maximum atomic E-state index is 13.4. The van der Waals surface area contributed by atoms with Crippen LogP contribution in [0.5, 0.6) is 0 Å². The molecule has 0 radical (unpaired) electrons. The van der Waals surface area contributed by atoms with Gasteiger partial charge in [0.1, 0.15) is 6.61 Å². The van der Waals surface area contributed by atoms with Crippen LogP contribution in [0.15, 0.2) is 29.3 Å². The van der Waals surface area contributed by atoms with Gasteiger partial charge < -0.3 is 9.84 Å². The van der Waals surface area contributed by atoms with Crippen molar-refractivity contribution in [3.63, 3.8) is 0 Å². The standard InChI is InChI=1S/C11H9BrFNO4/c1-2-3-18-11(17)14-6-4-7(10(15)16)9(13)8(12)5-6/h2,4-5H,1,3H2,(H,14,17)(H,15,16). The fourth-order valence-electron chi connectivity index (χ4n) is 1.11. The predicted molar refractivity (Wildman–Crippen MR) is 66.2 cm³/mol. The molecule has 2 N–H and O–H groups in total. The zero-order valence-electron chi connectivity index (χ0n) is 9.07. The Hall–Kier alpha value is -1.89. The lowest BCUT2D eigenvalue weighted by molar-refractivity contribution is 0.0691. The SMILES string of the molecule is C=CCOC(=O)Nc1cc(Br)c(F)c(C(=O)O)c1. The highest BCUT2D eigenvalue weighted by molar-refractivity contribution is 9.10. The van der Waals surface area contributed by atoms with Crippen molar-refractivity contribution in [3.05, 3.63) is 40.6 Å². The molecular formula is C11H9BrFNO4. The number of nitrogens with one attached hydrogen (secondary N) is 1. The van der Waals surface area contributed by atoms with Gasteiger partial charge in [-0.1, -0.05) is 12.7 Å². The highest BCUT2D eigenvalue weighted by atomic mass is 79.9. The molecule has 0 heterocycles. The normalized spacial score (nSPS) is 9.67. The Morgan fingerprint density at radius 2 is 2.22 bits per heavy atom. The van der Waals surface area contributed by atoms with E-state index in [2.05, 4.69) is 32.6 Å². The van der Waals surface area contributed by atoms with Crippen LogP contribution in [0.3, 0.4) is 0 Å². The van der Waals surface area contributed by atoms with E-state index in [9.17, 15) is 14.0 Å². The second kappa shape index (κ2) is 6.15. The minimum absolute atomic E-state index is 0.0139. The van der Waals surface area contributed by atoms with Crippen LogP contribution in [0.2, 0.25) is 0 Å². The summed E-state index contributed by atoms with van der Waals surface area (Å²) in [5.74, 6) is -2.34. The predicted octanol–water partition coefficient (Wildman–Crippen LogP) is 3.02. The van der Waals surface area contributed by atoms with Gasteiger partial charge in [-0.2, -0.15) is 0 Å². The molecule has 0 aliphatic rings. The van der Waals surface area contributed by atoms with Crippen molar-refractivity contribution in [2.75, 3.05) is 11.9 Å². The molecule has 96 valence electrons. The van der Waals surface area contributed by atoms with Crippen LogP contribution in [-0.2, 0) is 4.74 Å². The van der Waals surface area contributed by atoms with Crippen LogP contribution in [0, 0.1) is 5.82 Å². The smallest absolute Gasteiger partial charge is 0.411 e. The van der Waals surface area contributed by atoms with Gasteiger partial charge in [-0.05, 0) is 28.1 Å². The van der Waals surface area contributed by atoms with Crippen LogP contribution in [-0.4, -0.2) is 23.8 Å². The summed E-state index contributed by atoms with van der Waals surface area (Å²) in [7, 11) is 0. The van der Waals surface area contributed by atoms with E-state index >= 15 is 0 Å². The summed E-state index contributed by atoms with van der Waals surface area (Å²) in [5.41, 5.74) is -0.446. The van der Waals surface area contributed by atoms with E-state index in [1.165, 1.54) is 12.1 Å². The van der Waals surface area contributed by atoms with Gasteiger partial charge >= 0.3 is 12.1 Å². The average Bonchev–Trinajstić information content (AvgIpc) is 2.30. The molecule has 1 amide bonds. The van der Waals surface area contributed by atoms with Crippen molar-refractivity contribution in [1.29, 1.82) is 0 Å². The van der Waals surface area contributed by atoms with Crippen LogP contribution in [0.4, 0.5) is 14.9 Å². The second-order valence-electron chi connectivity index (χ2n) is 3.14.